The molecule has 0 rings (SSSR count). The lowest BCUT2D eigenvalue weighted by Gasteiger charge is -2.00. The summed E-state index contributed by atoms with van der Waals surface area (Å²) < 4.78 is 0. The Hall–Kier alpha value is -0.420. The van der Waals surface area contributed by atoms with E-state index < -0.39 is 0 Å². The first-order valence-electron chi connectivity index (χ1n) is 1.69. The molecule has 0 aromatic heterocycles. The average Bonchev–Trinajstić information content (AvgIpc) is 1.61. The number of nitrogens with zero attached hydrogens (tertiary/aromatic N) is 1. The third-order valence-electron chi connectivity index (χ3n) is 0.308. The minimum absolute atomic E-state index is 0.0903. The molecule has 4 heteroatoms. The standard InChI is InChI=1S/C3H7NO3/c1-2-3-7-4(5)6/h2,5-6H,1,3H2. The van der Waals surface area contributed by atoms with Crippen LogP contribution in [-0.2, 0) is 4.84 Å². The van der Waals surface area contributed by atoms with Crippen LogP contribution in [0.2, 0.25) is 0 Å². The molecule has 0 saturated heterocycles. The summed E-state index contributed by atoms with van der Waals surface area (Å²) in [6, 6.07) is 0. The largest absolute Gasteiger partial charge is 0.266 e. The zero-order chi connectivity index (χ0) is 5.70. The van der Waals surface area contributed by atoms with Crippen LogP contribution < -0.4 is 0 Å². The van der Waals surface area contributed by atoms with Crippen LogP contribution in [0.15, 0.2) is 12.7 Å². The molecule has 0 aliphatic rings. The molecule has 0 unspecified atom stereocenters. The molecule has 0 atom stereocenters. The Labute approximate surface area is 41.1 Å². The highest BCUT2D eigenvalue weighted by molar-refractivity contribution is 4.62. The summed E-state index contributed by atoms with van der Waals surface area (Å²) in [7, 11) is 0. The fourth-order valence-electron chi connectivity index (χ4n) is 0.119. The molecule has 0 saturated carbocycles. The van der Waals surface area contributed by atoms with Crippen molar-refractivity contribution in [2.24, 2.45) is 0 Å². The van der Waals surface area contributed by atoms with Crippen LogP contribution in [0.3, 0.4) is 0 Å². The summed E-state index contributed by atoms with van der Waals surface area (Å²) >= 11 is 0. The van der Waals surface area contributed by atoms with Gasteiger partial charge in [-0.05, 0) is 0 Å². The van der Waals surface area contributed by atoms with Gasteiger partial charge in [0.25, 0.3) is 0 Å². The summed E-state index contributed by atoms with van der Waals surface area (Å²) in [5.74, 6) is 0. The highest BCUT2D eigenvalue weighted by Crippen LogP contribution is 1.74. The van der Waals surface area contributed by atoms with Gasteiger partial charge >= 0.3 is 0 Å². The van der Waals surface area contributed by atoms with Gasteiger partial charge in [-0.2, -0.15) is 0 Å². The summed E-state index contributed by atoms with van der Waals surface area (Å²) in [4.78, 5) is 4.02. The van der Waals surface area contributed by atoms with Gasteiger partial charge in [0, 0.05) is 0 Å². The van der Waals surface area contributed by atoms with E-state index in [2.05, 4.69) is 11.4 Å². The van der Waals surface area contributed by atoms with Crippen molar-refractivity contribution in [1.29, 1.82) is 0 Å². The summed E-state index contributed by atoms with van der Waals surface area (Å²) in [5.41, 5.74) is 0. The van der Waals surface area contributed by atoms with Gasteiger partial charge in [-0.3, -0.25) is 10.4 Å². The second-order valence-corrected chi connectivity index (χ2v) is 0.837. The number of rotatable bonds is 3. The van der Waals surface area contributed by atoms with Gasteiger partial charge in [-0.15, -0.1) is 6.58 Å². The highest BCUT2D eigenvalue weighted by atomic mass is 17.1. The Kier molecular flexibility index (Phi) is 3.53. The molecule has 0 radical (unpaired) electrons. The average molecular weight is 105 g/mol. The van der Waals surface area contributed by atoms with Crippen molar-refractivity contribution < 1.29 is 15.3 Å². The summed E-state index contributed by atoms with van der Waals surface area (Å²) in [6.45, 7) is 3.35. The molecule has 0 aliphatic heterocycles. The normalized spacial score (nSPS) is 9.57. The minimum atomic E-state index is -0.359. The van der Waals surface area contributed by atoms with Crippen LogP contribution in [0, 0.1) is 0 Å². The fourth-order valence-corrected chi connectivity index (χ4v) is 0.119. The first-order valence-corrected chi connectivity index (χ1v) is 1.69. The first kappa shape index (κ1) is 6.58. The molecule has 42 valence electrons. The van der Waals surface area contributed by atoms with Gasteiger partial charge in [-0.1, -0.05) is 6.08 Å². The van der Waals surface area contributed by atoms with E-state index in [1.165, 1.54) is 6.08 Å². The van der Waals surface area contributed by atoms with Crippen LogP contribution in [-0.4, -0.2) is 22.4 Å². The second kappa shape index (κ2) is 3.76. The van der Waals surface area contributed by atoms with Crippen molar-refractivity contribution in [3.63, 3.8) is 0 Å². The molecule has 7 heavy (non-hydrogen) atoms. The number of hydrogen-bond donors (Lipinski definition) is 2. The van der Waals surface area contributed by atoms with Crippen molar-refractivity contribution in [1.82, 2.24) is 5.39 Å². The Morgan fingerprint density at radius 2 is 2.29 bits per heavy atom. The van der Waals surface area contributed by atoms with E-state index in [1.807, 2.05) is 0 Å². The minimum Gasteiger partial charge on any atom is -0.266 e. The quantitative estimate of drug-likeness (QED) is 0.397. The molecule has 0 bridgehead atoms. The van der Waals surface area contributed by atoms with E-state index >= 15 is 0 Å². The van der Waals surface area contributed by atoms with E-state index in [0.717, 1.165) is 0 Å². The van der Waals surface area contributed by atoms with Crippen LogP contribution in [0.1, 0.15) is 0 Å². The maximum absolute atomic E-state index is 7.80. The predicted molar refractivity (Wildman–Crippen MR) is 21.6 cm³/mol. The van der Waals surface area contributed by atoms with Gasteiger partial charge in [0.2, 0.25) is 0 Å². The van der Waals surface area contributed by atoms with Crippen LogP contribution in [0.25, 0.3) is 0 Å². The van der Waals surface area contributed by atoms with E-state index in [1.54, 1.807) is 0 Å². The van der Waals surface area contributed by atoms with Crippen LogP contribution in [0.4, 0.5) is 0 Å². The predicted octanol–water partition coefficient (Wildman–Crippen LogP) is 0.184. The monoisotopic (exact) mass is 105 g/mol. The molecule has 0 aliphatic carbocycles. The molecule has 0 spiro atoms. The molecule has 0 aromatic rings. The summed E-state index contributed by atoms with van der Waals surface area (Å²) in [6.07, 6.45) is 1.39. The van der Waals surface area contributed by atoms with Gasteiger partial charge < -0.3 is 0 Å². The fraction of sp³-hybridized carbons (Fsp3) is 0.333. The van der Waals surface area contributed by atoms with E-state index in [9.17, 15) is 0 Å². The second-order valence-electron chi connectivity index (χ2n) is 0.837. The SMILES string of the molecule is C=CCON(O)O. The smallest absolute Gasteiger partial charge is 0.0915 e. The maximum atomic E-state index is 7.80. The van der Waals surface area contributed by atoms with Crippen molar-refractivity contribution in [3.05, 3.63) is 12.7 Å². The first-order chi connectivity index (χ1) is 3.27. The van der Waals surface area contributed by atoms with Crippen molar-refractivity contribution >= 4 is 0 Å². The Morgan fingerprint density at radius 3 is 2.43 bits per heavy atom. The van der Waals surface area contributed by atoms with E-state index in [0.29, 0.717) is 0 Å². The molecule has 2 N–H and O–H groups in total. The zero-order valence-corrected chi connectivity index (χ0v) is 3.74. The van der Waals surface area contributed by atoms with Crippen molar-refractivity contribution in [2.75, 3.05) is 6.61 Å². The van der Waals surface area contributed by atoms with Crippen LogP contribution in [0.5, 0.6) is 0 Å². The molecule has 4 nitrogen and oxygen atoms in total. The molecular weight excluding hydrogens is 98.0 g/mol. The Balaban J connectivity index is 2.81. The lowest BCUT2D eigenvalue weighted by molar-refractivity contribution is -0.489. The summed E-state index contributed by atoms with van der Waals surface area (Å²) in [5, 5.41) is 15.2. The molecule has 0 aromatic carbocycles. The Morgan fingerprint density at radius 1 is 1.71 bits per heavy atom. The van der Waals surface area contributed by atoms with Gasteiger partial charge in [0.05, 0.1) is 12.0 Å². The third-order valence-corrected chi connectivity index (χ3v) is 0.308. The molecule has 0 heterocycles. The molecule has 0 fully saturated rings. The van der Waals surface area contributed by atoms with E-state index in [-0.39, 0.29) is 12.0 Å². The van der Waals surface area contributed by atoms with Crippen LogP contribution >= 0.6 is 0 Å². The van der Waals surface area contributed by atoms with Gasteiger partial charge in [-0.25, -0.2) is 4.84 Å². The van der Waals surface area contributed by atoms with Crippen molar-refractivity contribution in [2.45, 2.75) is 0 Å². The third kappa shape index (κ3) is 5.58. The number of hydrogen-bond acceptors (Lipinski definition) is 4. The molecule has 0 amide bonds. The maximum Gasteiger partial charge on any atom is 0.0915 e. The lowest BCUT2D eigenvalue weighted by atomic mass is 10.7. The van der Waals surface area contributed by atoms with E-state index in [4.69, 9.17) is 10.4 Å². The Bertz CT molecular complexity index is 54.1. The van der Waals surface area contributed by atoms with Gasteiger partial charge in [0.1, 0.15) is 0 Å². The zero-order valence-electron chi connectivity index (χ0n) is 3.74. The van der Waals surface area contributed by atoms with Gasteiger partial charge in [0.15, 0.2) is 0 Å². The lowest BCUT2D eigenvalue weighted by Crippen LogP contribution is -2.13. The highest BCUT2D eigenvalue weighted by Gasteiger charge is 1.85. The topological polar surface area (TPSA) is 52.9 Å². The molecular formula is C3H7NO3. The van der Waals surface area contributed by atoms with Crippen molar-refractivity contribution in [3.8, 4) is 0 Å².